The molecular weight excluding hydrogens is 158 g/mol. The fourth-order valence-electron chi connectivity index (χ4n) is 0.986. The Kier molecular flexibility index (Phi) is 1.30. The van der Waals surface area contributed by atoms with Crippen LogP contribution < -0.4 is 0 Å². The van der Waals surface area contributed by atoms with Crippen LogP contribution in [0.25, 0.3) is 5.78 Å². The number of carbonyl (C=O) groups is 1. The van der Waals surface area contributed by atoms with E-state index >= 15 is 0 Å². The number of carboxylic acid groups (broad SMARTS) is 1. The van der Waals surface area contributed by atoms with Gasteiger partial charge in [-0.05, 0) is 6.07 Å². The Hall–Kier alpha value is -1.91. The maximum atomic E-state index is 10.6. The summed E-state index contributed by atoms with van der Waals surface area (Å²) in [5, 5.41) is 8.68. The highest BCUT2D eigenvalue weighted by Crippen LogP contribution is 2.02. The molecule has 0 atom stereocenters. The van der Waals surface area contributed by atoms with Crippen LogP contribution in [0.4, 0.5) is 0 Å². The second kappa shape index (κ2) is 2.30. The fourth-order valence-corrected chi connectivity index (χ4v) is 0.986. The van der Waals surface area contributed by atoms with Gasteiger partial charge in [0.1, 0.15) is 0 Å². The average Bonchev–Trinajstić information content (AvgIpc) is 2.47. The van der Waals surface area contributed by atoms with Crippen molar-refractivity contribution in [2.75, 3.05) is 0 Å². The molecule has 0 aliphatic rings. The summed E-state index contributed by atoms with van der Waals surface area (Å²) in [6.07, 6.45) is 4.46. The van der Waals surface area contributed by atoms with E-state index in [1.807, 2.05) is 0 Å². The molecule has 0 amide bonds. The summed E-state index contributed by atoms with van der Waals surface area (Å²) in [6.45, 7) is 0. The number of aromatic carboxylic acids is 1. The van der Waals surface area contributed by atoms with E-state index in [0.29, 0.717) is 5.78 Å². The van der Waals surface area contributed by atoms with Crippen molar-refractivity contribution in [2.45, 2.75) is 0 Å². The van der Waals surface area contributed by atoms with Gasteiger partial charge >= 0.3 is 5.97 Å². The number of fused-ring (bicyclic) bond motifs is 1. The first kappa shape index (κ1) is 6.78. The molecule has 0 saturated heterocycles. The highest BCUT2D eigenvalue weighted by atomic mass is 16.4. The van der Waals surface area contributed by atoms with Crippen molar-refractivity contribution in [3.63, 3.8) is 0 Å². The van der Waals surface area contributed by atoms with Crippen LogP contribution in [0.3, 0.4) is 0 Å². The molecule has 60 valence electrons. The lowest BCUT2D eigenvalue weighted by molar-refractivity contribution is 0.0689. The molecule has 0 bridgehead atoms. The number of imidazole rings is 1. The standard InChI is InChI=1S/C7H5N3O2/c11-6(12)5-4-9-7-8-2-1-3-10(5)7/h1-4H,(H,11,12). The van der Waals surface area contributed by atoms with Crippen LogP contribution in [-0.2, 0) is 0 Å². The molecule has 5 nitrogen and oxygen atoms in total. The zero-order chi connectivity index (χ0) is 8.55. The normalized spacial score (nSPS) is 10.3. The molecule has 2 aromatic heterocycles. The Balaban J connectivity index is 2.79. The first-order valence-electron chi connectivity index (χ1n) is 3.30. The van der Waals surface area contributed by atoms with Gasteiger partial charge in [0.2, 0.25) is 5.78 Å². The van der Waals surface area contributed by atoms with E-state index in [0.717, 1.165) is 0 Å². The third-order valence-corrected chi connectivity index (χ3v) is 1.51. The number of carboxylic acids is 1. The average molecular weight is 163 g/mol. The summed E-state index contributed by atoms with van der Waals surface area (Å²) < 4.78 is 1.42. The Morgan fingerprint density at radius 2 is 2.33 bits per heavy atom. The van der Waals surface area contributed by atoms with Crippen molar-refractivity contribution in [3.8, 4) is 0 Å². The van der Waals surface area contributed by atoms with Gasteiger partial charge in [-0.25, -0.2) is 14.8 Å². The summed E-state index contributed by atoms with van der Waals surface area (Å²) >= 11 is 0. The third-order valence-electron chi connectivity index (χ3n) is 1.51. The van der Waals surface area contributed by atoms with Crippen LogP contribution in [0.2, 0.25) is 0 Å². The number of nitrogens with zero attached hydrogens (tertiary/aromatic N) is 3. The SMILES string of the molecule is O=C(O)c1cnc2ncccn12. The van der Waals surface area contributed by atoms with Crippen molar-refractivity contribution in [2.24, 2.45) is 0 Å². The van der Waals surface area contributed by atoms with E-state index in [2.05, 4.69) is 9.97 Å². The molecule has 5 heteroatoms. The van der Waals surface area contributed by atoms with E-state index < -0.39 is 5.97 Å². The summed E-state index contributed by atoms with van der Waals surface area (Å²) in [5.74, 6) is -0.606. The Labute approximate surface area is 67.3 Å². The molecule has 0 unspecified atom stereocenters. The first-order chi connectivity index (χ1) is 5.79. The molecule has 2 rings (SSSR count). The molecular formula is C7H5N3O2. The van der Waals surface area contributed by atoms with Gasteiger partial charge in [0.05, 0.1) is 6.20 Å². The maximum absolute atomic E-state index is 10.6. The van der Waals surface area contributed by atoms with Gasteiger partial charge in [0, 0.05) is 12.4 Å². The minimum Gasteiger partial charge on any atom is -0.477 e. The van der Waals surface area contributed by atoms with E-state index in [4.69, 9.17) is 5.11 Å². The minimum absolute atomic E-state index is 0.123. The second-order valence-electron chi connectivity index (χ2n) is 2.24. The zero-order valence-corrected chi connectivity index (χ0v) is 6.01. The third kappa shape index (κ3) is 0.833. The molecule has 0 spiro atoms. The van der Waals surface area contributed by atoms with Crippen LogP contribution in [0.5, 0.6) is 0 Å². The Morgan fingerprint density at radius 3 is 3.08 bits per heavy atom. The van der Waals surface area contributed by atoms with E-state index in [1.54, 1.807) is 18.5 Å². The molecule has 0 aliphatic carbocycles. The number of aromatic nitrogens is 3. The predicted octanol–water partition coefficient (Wildman–Crippen LogP) is 0.427. The lowest BCUT2D eigenvalue weighted by Gasteiger charge is -1.92. The van der Waals surface area contributed by atoms with Gasteiger partial charge in [-0.3, -0.25) is 4.40 Å². The highest BCUT2D eigenvalue weighted by molar-refractivity contribution is 5.86. The van der Waals surface area contributed by atoms with Crippen LogP contribution >= 0.6 is 0 Å². The largest absolute Gasteiger partial charge is 0.477 e. The zero-order valence-electron chi connectivity index (χ0n) is 6.01. The number of rotatable bonds is 1. The topological polar surface area (TPSA) is 67.5 Å². The predicted molar refractivity (Wildman–Crippen MR) is 39.9 cm³/mol. The Bertz CT molecular complexity index is 435. The molecule has 2 heterocycles. The molecule has 0 saturated carbocycles. The summed E-state index contributed by atoms with van der Waals surface area (Å²) in [7, 11) is 0. The van der Waals surface area contributed by atoms with E-state index in [-0.39, 0.29) is 5.69 Å². The summed E-state index contributed by atoms with van der Waals surface area (Å²) in [5.41, 5.74) is 0.123. The van der Waals surface area contributed by atoms with Crippen LogP contribution in [0.1, 0.15) is 10.5 Å². The number of hydrogen-bond donors (Lipinski definition) is 1. The fraction of sp³-hybridized carbons (Fsp3) is 0. The van der Waals surface area contributed by atoms with Gasteiger partial charge < -0.3 is 5.11 Å². The minimum atomic E-state index is -1.00. The van der Waals surface area contributed by atoms with Crippen LogP contribution in [0.15, 0.2) is 24.7 Å². The van der Waals surface area contributed by atoms with Crippen molar-refractivity contribution >= 4 is 11.7 Å². The van der Waals surface area contributed by atoms with Crippen molar-refractivity contribution in [1.29, 1.82) is 0 Å². The molecule has 2 aromatic rings. The lowest BCUT2D eigenvalue weighted by atomic mass is 10.5. The van der Waals surface area contributed by atoms with E-state index in [9.17, 15) is 4.79 Å². The monoisotopic (exact) mass is 163 g/mol. The van der Waals surface area contributed by atoms with Crippen molar-refractivity contribution in [3.05, 3.63) is 30.4 Å². The van der Waals surface area contributed by atoms with Crippen LogP contribution in [-0.4, -0.2) is 25.4 Å². The lowest BCUT2D eigenvalue weighted by Crippen LogP contribution is -2.01. The molecule has 0 aromatic carbocycles. The van der Waals surface area contributed by atoms with Crippen molar-refractivity contribution < 1.29 is 9.90 Å². The van der Waals surface area contributed by atoms with Gasteiger partial charge in [0.15, 0.2) is 5.69 Å². The van der Waals surface area contributed by atoms with Gasteiger partial charge in [-0.2, -0.15) is 0 Å². The molecule has 0 fully saturated rings. The Morgan fingerprint density at radius 1 is 1.50 bits per heavy atom. The quantitative estimate of drug-likeness (QED) is 0.661. The molecule has 1 N–H and O–H groups in total. The van der Waals surface area contributed by atoms with Gasteiger partial charge in [-0.15, -0.1) is 0 Å². The maximum Gasteiger partial charge on any atom is 0.354 e. The molecule has 0 radical (unpaired) electrons. The number of hydrogen-bond acceptors (Lipinski definition) is 3. The first-order valence-corrected chi connectivity index (χ1v) is 3.30. The van der Waals surface area contributed by atoms with E-state index in [1.165, 1.54) is 10.6 Å². The highest BCUT2D eigenvalue weighted by Gasteiger charge is 2.08. The summed E-state index contributed by atoms with van der Waals surface area (Å²) in [6, 6.07) is 1.65. The van der Waals surface area contributed by atoms with Gasteiger partial charge in [-0.1, -0.05) is 0 Å². The van der Waals surface area contributed by atoms with Crippen LogP contribution in [0, 0.1) is 0 Å². The smallest absolute Gasteiger partial charge is 0.354 e. The molecule has 12 heavy (non-hydrogen) atoms. The van der Waals surface area contributed by atoms with Crippen molar-refractivity contribution in [1.82, 2.24) is 14.4 Å². The molecule has 0 aliphatic heterocycles. The summed E-state index contributed by atoms with van der Waals surface area (Å²) in [4.78, 5) is 18.3. The van der Waals surface area contributed by atoms with Gasteiger partial charge in [0.25, 0.3) is 0 Å². The second-order valence-corrected chi connectivity index (χ2v) is 2.24.